The number of ether oxygens (including phenoxy) is 1. The number of nitrogens with one attached hydrogen (secondary N) is 1. The van der Waals surface area contributed by atoms with E-state index in [1.54, 1.807) is 0 Å². The van der Waals surface area contributed by atoms with Gasteiger partial charge in [0, 0.05) is 19.6 Å². The molecule has 1 aromatic carbocycles. The molecule has 0 radical (unpaired) electrons. The number of aryl methyl sites for hydroxylation is 1. The van der Waals surface area contributed by atoms with Crippen molar-refractivity contribution in [2.75, 3.05) is 39.4 Å². The number of imidazole rings is 1. The molecule has 2 aromatic rings. The van der Waals surface area contributed by atoms with Crippen molar-refractivity contribution in [3.63, 3.8) is 0 Å². The summed E-state index contributed by atoms with van der Waals surface area (Å²) in [4.78, 5) is 7.28. The lowest BCUT2D eigenvalue weighted by atomic mass is 10.3. The maximum atomic E-state index is 5.38. The molecule has 5 nitrogen and oxygen atoms in total. The highest BCUT2D eigenvalue weighted by molar-refractivity contribution is 5.75. The zero-order chi connectivity index (χ0) is 15.9. The first-order valence-corrected chi connectivity index (χ1v) is 8.83. The number of nitrogens with zero attached hydrogens (tertiary/aromatic N) is 3. The summed E-state index contributed by atoms with van der Waals surface area (Å²) < 4.78 is 7.73. The number of hydrogen-bond acceptors (Lipinski definition) is 4. The van der Waals surface area contributed by atoms with Crippen LogP contribution in [0.2, 0.25) is 0 Å². The van der Waals surface area contributed by atoms with Crippen molar-refractivity contribution in [2.24, 2.45) is 0 Å². The number of rotatable bonds is 8. The van der Waals surface area contributed by atoms with Gasteiger partial charge in [0.05, 0.1) is 30.8 Å². The standard InChI is InChI=1S/C18H28N4O/c1-2-9-22-17-7-4-3-6-16(17)20-18(22)15-19-8-5-10-21-11-13-23-14-12-21/h3-4,6-7,19H,2,5,8-15H2,1H3. The summed E-state index contributed by atoms with van der Waals surface area (Å²) in [5.74, 6) is 1.15. The minimum absolute atomic E-state index is 0.845. The lowest BCUT2D eigenvalue weighted by Gasteiger charge is -2.26. The van der Waals surface area contributed by atoms with Gasteiger partial charge in [-0.2, -0.15) is 0 Å². The predicted molar refractivity (Wildman–Crippen MR) is 93.6 cm³/mol. The van der Waals surface area contributed by atoms with Crippen molar-refractivity contribution >= 4 is 11.0 Å². The molecule has 1 aliphatic rings. The Kier molecular flexibility index (Phi) is 6.02. The predicted octanol–water partition coefficient (Wildman–Crippen LogP) is 2.26. The van der Waals surface area contributed by atoms with Crippen molar-refractivity contribution in [1.29, 1.82) is 0 Å². The summed E-state index contributed by atoms with van der Waals surface area (Å²) in [6, 6.07) is 8.42. The van der Waals surface area contributed by atoms with Crippen LogP contribution in [-0.4, -0.2) is 53.8 Å². The molecule has 0 amide bonds. The molecule has 126 valence electrons. The average Bonchev–Trinajstić information content (AvgIpc) is 2.94. The summed E-state index contributed by atoms with van der Waals surface area (Å²) in [7, 11) is 0. The third-order valence-corrected chi connectivity index (χ3v) is 4.40. The van der Waals surface area contributed by atoms with E-state index in [2.05, 4.69) is 46.0 Å². The van der Waals surface area contributed by atoms with Gasteiger partial charge in [-0.3, -0.25) is 4.90 Å². The second-order valence-electron chi connectivity index (χ2n) is 6.15. The fraction of sp³-hybridized carbons (Fsp3) is 0.611. The highest BCUT2D eigenvalue weighted by Gasteiger charge is 2.10. The van der Waals surface area contributed by atoms with Crippen molar-refractivity contribution in [1.82, 2.24) is 19.8 Å². The Morgan fingerprint density at radius 2 is 2.00 bits per heavy atom. The van der Waals surface area contributed by atoms with Gasteiger partial charge in [0.25, 0.3) is 0 Å². The van der Waals surface area contributed by atoms with Gasteiger partial charge in [-0.25, -0.2) is 4.98 Å². The number of para-hydroxylation sites is 2. The van der Waals surface area contributed by atoms with E-state index in [9.17, 15) is 0 Å². The Morgan fingerprint density at radius 1 is 1.17 bits per heavy atom. The second-order valence-corrected chi connectivity index (χ2v) is 6.15. The van der Waals surface area contributed by atoms with E-state index in [4.69, 9.17) is 9.72 Å². The quantitative estimate of drug-likeness (QED) is 0.759. The molecule has 5 heteroatoms. The molecule has 1 aromatic heterocycles. The first kappa shape index (κ1) is 16.4. The van der Waals surface area contributed by atoms with Gasteiger partial charge >= 0.3 is 0 Å². The van der Waals surface area contributed by atoms with E-state index >= 15 is 0 Å². The first-order chi connectivity index (χ1) is 11.4. The Bertz CT molecular complexity index is 604. The van der Waals surface area contributed by atoms with Crippen LogP contribution in [0.1, 0.15) is 25.6 Å². The molecule has 1 saturated heterocycles. The lowest BCUT2D eigenvalue weighted by Crippen LogP contribution is -2.37. The Morgan fingerprint density at radius 3 is 2.83 bits per heavy atom. The maximum Gasteiger partial charge on any atom is 0.123 e. The molecule has 0 spiro atoms. The van der Waals surface area contributed by atoms with Crippen LogP contribution in [0.3, 0.4) is 0 Å². The van der Waals surface area contributed by atoms with Crippen LogP contribution in [-0.2, 0) is 17.8 Å². The zero-order valence-electron chi connectivity index (χ0n) is 14.1. The summed E-state index contributed by atoms with van der Waals surface area (Å²) >= 11 is 0. The van der Waals surface area contributed by atoms with Crippen molar-refractivity contribution in [3.05, 3.63) is 30.1 Å². The summed E-state index contributed by atoms with van der Waals surface area (Å²) in [6.07, 6.45) is 2.30. The highest BCUT2D eigenvalue weighted by Crippen LogP contribution is 2.16. The van der Waals surface area contributed by atoms with Crippen LogP contribution < -0.4 is 5.32 Å². The van der Waals surface area contributed by atoms with Crippen LogP contribution in [0, 0.1) is 0 Å². The van der Waals surface area contributed by atoms with Gasteiger partial charge in [0.2, 0.25) is 0 Å². The first-order valence-electron chi connectivity index (χ1n) is 8.83. The molecular weight excluding hydrogens is 288 g/mol. The molecule has 0 bridgehead atoms. The highest BCUT2D eigenvalue weighted by atomic mass is 16.5. The van der Waals surface area contributed by atoms with Crippen molar-refractivity contribution in [2.45, 2.75) is 32.9 Å². The number of benzene rings is 1. The zero-order valence-corrected chi connectivity index (χ0v) is 14.1. The van der Waals surface area contributed by atoms with Gasteiger partial charge in [-0.15, -0.1) is 0 Å². The fourth-order valence-corrected chi connectivity index (χ4v) is 3.19. The number of hydrogen-bond donors (Lipinski definition) is 1. The van der Waals surface area contributed by atoms with Gasteiger partial charge in [0.15, 0.2) is 0 Å². The number of aromatic nitrogens is 2. The topological polar surface area (TPSA) is 42.3 Å². The minimum atomic E-state index is 0.845. The Labute approximate surface area is 138 Å². The van der Waals surface area contributed by atoms with Gasteiger partial charge < -0.3 is 14.6 Å². The van der Waals surface area contributed by atoms with E-state index in [-0.39, 0.29) is 0 Å². The van der Waals surface area contributed by atoms with Crippen LogP contribution in [0.15, 0.2) is 24.3 Å². The normalized spacial score (nSPS) is 16.2. The SMILES string of the molecule is CCCn1c(CNCCCN2CCOCC2)nc2ccccc21. The smallest absolute Gasteiger partial charge is 0.123 e. The Balaban J connectivity index is 1.49. The van der Waals surface area contributed by atoms with Crippen molar-refractivity contribution < 1.29 is 4.74 Å². The number of fused-ring (bicyclic) bond motifs is 1. The molecule has 23 heavy (non-hydrogen) atoms. The average molecular weight is 316 g/mol. The van der Waals surface area contributed by atoms with Gasteiger partial charge in [-0.1, -0.05) is 19.1 Å². The van der Waals surface area contributed by atoms with Crippen LogP contribution in [0.4, 0.5) is 0 Å². The molecule has 0 atom stereocenters. The molecule has 1 N–H and O–H groups in total. The van der Waals surface area contributed by atoms with E-state index in [0.29, 0.717) is 0 Å². The summed E-state index contributed by atoms with van der Waals surface area (Å²) in [5, 5.41) is 3.56. The van der Waals surface area contributed by atoms with Crippen molar-refractivity contribution in [3.8, 4) is 0 Å². The minimum Gasteiger partial charge on any atom is -0.379 e. The molecular formula is C18H28N4O. The third-order valence-electron chi connectivity index (χ3n) is 4.40. The van der Waals surface area contributed by atoms with Crippen LogP contribution in [0.5, 0.6) is 0 Å². The van der Waals surface area contributed by atoms with Gasteiger partial charge in [-0.05, 0) is 38.1 Å². The molecule has 1 fully saturated rings. The Hall–Kier alpha value is -1.43. The molecule has 0 aliphatic carbocycles. The van der Waals surface area contributed by atoms with E-state index in [1.165, 1.54) is 11.9 Å². The van der Waals surface area contributed by atoms with Gasteiger partial charge in [0.1, 0.15) is 5.82 Å². The molecule has 1 aliphatic heterocycles. The molecule has 2 heterocycles. The monoisotopic (exact) mass is 316 g/mol. The maximum absolute atomic E-state index is 5.38. The van der Waals surface area contributed by atoms with Crippen LogP contribution in [0.25, 0.3) is 11.0 Å². The van der Waals surface area contributed by atoms with E-state index in [0.717, 1.165) is 70.2 Å². The lowest BCUT2D eigenvalue weighted by molar-refractivity contribution is 0.0374. The fourth-order valence-electron chi connectivity index (χ4n) is 3.19. The third kappa shape index (κ3) is 4.31. The second kappa shape index (κ2) is 8.43. The molecule has 0 saturated carbocycles. The molecule has 3 rings (SSSR count). The number of morpholine rings is 1. The van der Waals surface area contributed by atoms with E-state index in [1.807, 2.05) is 0 Å². The summed E-state index contributed by atoms with van der Waals surface area (Å²) in [5.41, 5.74) is 2.35. The van der Waals surface area contributed by atoms with E-state index < -0.39 is 0 Å². The largest absolute Gasteiger partial charge is 0.379 e. The van der Waals surface area contributed by atoms with Crippen LogP contribution >= 0.6 is 0 Å². The summed E-state index contributed by atoms with van der Waals surface area (Å²) in [6.45, 7) is 10.2. The molecule has 0 unspecified atom stereocenters.